The molecular formula is C14H28N2. The lowest BCUT2D eigenvalue weighted by molar-refractivity contribution is 0.309. The van der Waals surface area contributed by atoms with Gasteiger partial charge in [-0.2, -0.15) is 0 Å². The Balaban J connectivity index is 1.74. The van der Waals surface area contributed by atoms with E-state index in [1.165, 1.54) is 64.6 Å². The highest BCUT2D eigenvalue weighted by molar-refractivity contribution is 4.98. The van der Waals surface area contributed by atoms with E-state index in [9.17, 15) is 0 Å². The third kappa shape index (κ3) is 2.78. The average molecular weight is 224 g/mol. The lowest BCUT2D eigenvalue weighted by Gasteiger charge is -2.30. The van der Waals surface area contributed by atoms with E-state index < -0.39 is 0 Å². The molecule has 1 heterocycles. The Kier molecular flexibility index (Phi) is 3.91. The van der Waals surface area contributed by atoms with Gasteiger partial charge in [-0.25, -0.2) is 0 Å². The Morgan fingerprint density at radius 1 is 1.12 bits per heavy atom. The van der Waals surface area contributed by atoms with Crippen molar-refractivity contribution in [2.75, 3.05) is 19.6 Å². The summed E-state index contributed by atoms with van der Waals surface area (Å²) in [6, 6.07) is 0. The van der Waals surface area contributed by atoms with Crippen LogP contribution >= 0.6 is 0 Å². The molecule has 1 saturated heterocycles. The summed E-state index contributed by atoms with van der Waals surface area (Å²) in [7, 11) is 0. The lowest BCUT2D eigenvalue weighted by atomic mass is 9.91. The maximum atomic E-state index is 3.74. The molecule has 0 aromatic rings. The molecule has 0 spiro atoms. The van der Waals surface area contributed by atoms with Crippen molar-refractivity contribution in [1.82, 2.24) is 10.6 Å². The Bertz CT molecular complexity index is 215. The van der Waals surface area contributed by atoms with E-state index >= 15 is 0 Å². The van der Waals surface area contributed by atoms with Crippen LogP contribution in [0.5, 0.6) is 0 Å². The lowest BCUT2D eigenvalue weighted by Crippen LogP contribution is -2.49. The summed E-state index contributed by atoms with van der Waals surface area (Å²) < 4.78 is 0. The van der Waals surface area contributed by atoms with Gasteiger partial charge in [0.15, 0.2) is 0 Å². The van der Waals surface area contributed by atoms with E-state index in [2.05, 4.69) is 24.5 Å². The highest BCUT2D eigenvalue weighted by atomic mass is 15.1. The van der Waals surface area contributed by atoms with Gasteiger partial charge in [0.2, 0.25) is 0 Å². The molecule has 2 heteroatoms. The Morgan fingerprint density at radius 2 is 1.94 bits per heavy atom. The van der Waals surface area contributed by atoms with Crippen LogP contribution in [-0.4, -0.2) is 25.2 Å². The molecule has 0 aromatic carbocycles. The van der Waals surface area contributed by atoms with Crippen LogP contribution in [-0.2, 0) is 0 Å². The van der Waals surface area contributed by atoms with Gasteiger partial charge in [0.05, 0.1) is 0 Å². The number of hydrogen-bond acceptors (Lipinski definition) is 2. The summed E-state index contributed by atoms with van der Waals surface area (Å²) in [6.07, 6.45) is 9.61. The standard InChI is InChI=1S/C14H28N2/c1-3-6-14(7-5-10-16-14)12-15-11-13(4-2)8-9-13/h15-16H,3-12H2,1-2H3. The first-order valence-corrected chi connectivity index (χ1v) is 7.20. The molecule has 0 amide bonds. The molecule has 1 unspecified atom stereocenters. The van der Waals surface area contributed by atoms with Crippen LogP contribution in [0.3, 0.4) is 0 Å². The number of hydrogen-bond donors (Lipinski definition) is 2. The van der Waals surface area contributed by atoms with Crippen LogP contribution < -0.4 is 10.6 Å². The van der Waals surface area contributed by atoms with Crippen LogP contribution in [0.1, 0.15) is 58.8 Å². The third-order valence-corrected chi connectivity index (χ3v) is 4.73. The monoisotopic (exact) mass is 224 g/mol. The average Bonchev–Trinajstić information content (AvgIpc) is 2.92. The zero-order chi connectivity index (χ0) is 11.5. The van der Waals surface area contributed by atoms with E-state index in [1.54, 1.807) is 0 Å². The SMILES string of the molecule is CCCC1(CNCC2(CC)CC2)CCCN1. The molecule has 2 rings (SSSR count). The van der Waals surface area contributed by atoms with Crippen LogP contribution in [0.25, 0.3) is 0 Å². The van der Waals surface area contributed by atoms with E-state index in [-0.39, 0.29) is 0 Å². The third-order valence-electron chi connectivity index (χ3n) is 4.73. The Morgan fingerprint density at radius 3 is 2.44 bits per heavy atom. The minimum atomic E-state index is 0.429. The largest absolute Gasteiger partial charge is 0.314 e. The molecule has 2 aliphatic rings. The second-order valence-electron chi connectivity index (χ2n) is 6.02. The number of nitrogens with one attached hydrogen (secondary N) is 2. The van der Waals surface area contributed by atoms with Crippen LogP contribution in [0.2, 0.25) is 0 Å². The van der Waals surface area contributed by atoms with E-state index in [4.69, 9.17) is 0 Å². The molecule has 0 bridgehead atoms. The van der Waals surface area contributed by atoms with Gasteiger partial charge in [-0.05, 0) is 50.5 Å². The fourth-order valence-corrected chi connectivity index (χ4v) is 3.20. The van der Waals surface area contributed by atoms with Gasteiger partial charge < -0.3 is 10.6 Å². The highest BCUT2D eigenvalue weighted by Gasteiger charge is 2.41. The maximum Gasteiger partial charge on any atom is 0.0306 e. The van der Waals surface area contributed by atoms with Gasteiger partial charge in [0, 0.05) is 18.6 Å². The first-order valence-electron chi connectivity index (χ1n) is 7.20. The first-order chi connectivity index (χ1) is 7.74. The molecule has 94 valence electrons. The summed E-state index contributed by atoms with van der Waals surface area (Å²) in [5.74, 6) is 0. The Labute approximate surface area is 101 Å². The van der Waals surface area contributed by atoms with Gasteiger partial charge in [-0.15, -0.1) is 0 Å². The van der Waals surface area contributed by atoms with Crippen molar-refractivity contribution in [2.45, 2.75) is 64.3 Å². The maximum absolute atomic E-state index is 3.74. The highest BCUT2D eigenvalue weighted by Crippen LogP contribution is 2.47. The molecule has 16 heavy (non-hydrogen) atoms. The van der Waals surface area contributed by atoms with Gasteiger partial charge in [0.25, 0.3) is 0 Å². The van der Waals surface area contributed by atoms with Crippen LogP contribution in [0, 0.1) is 5.41 Å². The summed E-state index contributed by atoms with van der Waals surface area (Å²) >= 11 is 0. The van der Waals surface area contributed by atoms with Crippen molar-refractivity contribution in [3.63, 3.8) is 0 Å². The molecule has 2 N–H and O–H groups in total. The van der Waals surface area contributed by atoms with Crippen LogP contribution in [0.4, 0.5) is 0 Å². The van der Waals surface area contributed by atoms with Crippen molar-refractivity contribution in [3.05, 3.63) is 0 Å². The molecule has 1 aliphatic heterocycles. The molecule has 1 atom stereocenters. The topological polar surface area (TPSA) is 24.1 Å². The van der Waals surface area contributed by atoms with E-state index in [0.717, 1.165) is 0 Å². The molecule has 1 aliphatic carbocycles. The van der Waals surface area contributed by atoms with Gasteiger partial charge in [-0.3, -0.25) is 0 Å². The fourth-order valence-electron chi connectivity index (χ4n) is 3.20. The van der Waals surface area contributed by atoms with Crippen molar-refractivity contribution in [3.8, 4) is 0 Å². The second kappa shape index (κ2) is 5.05. The van der Waals surface area contributed by atoms with Crippen LogP contribution in [0.15, 0.2) is 0 Å². The van der Waals surface area contributed by atoms with Crippen molar-refractivity contribution in [1.29, 1.82) is 0 Å². The van der Waals surface area contributed by atoms with Gasteiger partial charge in [-0.1, -0.05) is 20.3 Å². The van der Waals surface area contributed by atoms with E-state index in [0.29, 0.717) is 11.0 Å². The Hall–Kier alpha value is -0.0800. The zero-order valence-electron chi connectivity index (χ0n) is 11.1. The van der Waals surface area contributed by atoms with Crippen molar-refractivity contribution < 1.29 is 0 Å². The van der Waals surface area contributed by atoms with Gasteiger partial charge >= 0.3 is 0 Å². The molecule has 2 fully saturated rings. The molecule has 0 aromatic heterocycles. The van der Waals surface area contributed by atoms with Gasteiger partial charge in [0.1, 0.15) is 0 Å². The summed E-state index contributed by atoms with van der Waals surface area (Å²) in [4.78, 5) is 0. The molecule has 0 radical (unpaired) electrons. The number of rotatable bonds is 7. The predicted molar refractivity (Wildman–Crippen MR) is 69.7 cm³/mol. The summed E-state index contributed by atoms with van der Waals surface area (Å²) in [5.41, 5.74) is 1.12. The smallest absolute Gasteiger partial charge is 0.0306 e. The van der Waals surface area contributed by atoms with Crippen molar-refractivity contribution in [2.24, 2.45) is 5.41 Å². The second-order valence-corrected chi connectivity index (χ2v) is 6.02. The minimum Gasteiger partial charge on any atom is -0.314 e. The predicted octanol–water partition coefficient (Wildman–Crippen LogP) is 2.69. The summed E-state index contributed by atoms with van der Waals surface area (Å²) in [6.45, 7) is 8.29. The molecular weight excluding hydrogens is 196 g/mol. The first kappa shape index (κ1) is 12.4. The fraction of sp³-hybridized carbons (Fsp3) is 1.00. The molecule has 2 nitrogen and oxygen atoms in total. The van der Waals surface area contributed by atoms with E-state index in [1.807, 2.05) is 0 Å². The van der Waals surface area contributed by atoms with Crippen molar-refractivity contribution >= 4 is 0 Å². The zero-order valence-corrected chi connectivity index (χ0v) is 11.1. The summed E-state index contributed by atoms with van der Waals surface area (Å²) in [5, 5.41) is 7.48. The molecule has 1 saturated carbocycles. The quantitative estimate of drug-likeness (QED) is 0.695. The normalized spacial score (nSPS) is 31.9. The minimum absolute atomic E-state index is 0.429.